The molecule has 2 aromatic heterocycles. The van der Waals surface area contributed by atoms with Gasteiger partial charge in [0, 0.05) is 10.8 Å². The number of phenolic OH excluding ortho intramolecular Hbond substituents is 1. The molecule has 0 aliphatic carbocycles. The number of carbonyl (C=O) groups is 1. The van der Waals surface area contributed by atoms with Crippen LogP contribution in [0.4, 0.5) is 34.6 Å². The zero-order valence-electron chi connectivity index (χ0n) is 29.7. The maximum absolute atomic E-state index is 13.1. The van der Waals surface area contributed by atoms with E-state index in [1.54, 1.807) is 0 Å². The van der Waals surface area contributed by atoms with Crippen molar-refractivity contribution in [1.29, 1.82) is 0 Å². The van der Waals surface area contributed by atoms with Crippen molar-refractivity contribution in [3.05, 3.63) is 96.8 Å². The van der Waals surface area contributed by atoms with Crippen LogP contribution in [0.5, 0.6) is 5.75 Å². The van der Waals surface area contributed by atoms with Crippen molar-refractivity contribution in [2.24, 2.45) is 16.0 Å². The van der Waals surface area contributed by atoms with Crippen molar-refractivity contribution in [2.45, 2.75) is 26.5 Å². The lowest BCUT2D eigenvalue weighted by atomic mass is 10.1. The molecule has 2 heterocycles. The number of aromatic hydroxyl groups is 1. The third-order valence-electron chi connectivity index (χ3n) is 8.04. The number of nitrogens with two attached hydrogens (primary N) is 1. The Hall–Kier alpha value is -6.23. The first-order valence-corrected chi connectivity index (χ1v) is 21.5. The second-order valence-electron chi connectivity index (χ2n) is 11.8. The maximum atomic E-state index is 13.1. The minimum Gasteiger partial charge on any atom is -0.505 e. The molecule has 0 fully saturated rings. The molecule has 0 unspecified atom stereocenters. The number of nitrogens with one attached hydrogen (secondary N) is 2. The van der Waals surface area contributed by atoms with Crippen LogP contribution in [0.3, 0.4) is 0 Å². The Morgan fingerprint density at radius 1 is 0.847 bits per heavy atom. The van der Waals surface area contributed by atoms with E-state index in [4.69, 9.17) is 11.0 Å². The van der Waals surface area contributed by atoms with Gasteiger partial charge in [-0.2, -0.15) is 21.9 Å². The Morgan fingerprint density at radius 3 is 2.15 bits per heavy atom. The molecule has 0 radical (unpaired) electrons. The van der Waals surface area contributed by atoms with Crippen molar-refractivity contribution >= 4 is 93.4 Å². The van der Waals surface area contributed by atoms with Crippen LogP contribution in [0.1, 0.15) is 17.3 Å². The first-order valence-electron chi connectivity index (χ1n) is 16.3. The molecule has 8 N–H and O–H groups in total. The Morgan fingerprint density at radius 2 is 1.53 bits per heavy atom. The molecule has 0 atom stereocenters. The molecular formula is C33H28N9O13S4+. The lowest BCUT2D eigenvalue weighted by molar-refractivity contribution is -0.603. The maximum Gasteiger partial charge on any atom is 0.444 e. The van der Waals surface area contributed by atoms with Crippen molar-refractivity contribution in [3.63, 3.8) is 0 Å². The largest absolute Gasteiger partial charge is 0.505 e. The second kappa shape index (κ2) is 16.9. The van der Waals surface area contributed by atoms with Gasteiger partial charge >= 0.3 is 17.8 Å². The Balaban J connectivity index is 1.49. The van der Waals surface area contributed by atoms with Crippen molar-refractivity contribution < 1.29 is 63.5 Å². The standard InChI is InChI=1S/C33H27N9O13S4/c1-2-57(46,47)20-11-9-19(10-12-20)40-41-27-25(56-55-54-45)16-22-21(28(27)43)13-14-24(29(22)59(51,52)53)36-32-37-31(35-23-7-3-4-8-26(23)58(48,49)50)38-33(39-32)42-15-5-6-18(17-42)30(34)44/h3-17H,2H2,1H3,(H7-,34,35,36,37,38,39,43,44,45,48,49,50,51,52,53)/p+1. The van der Waals surface area contributed by atoms with Crippen LogP contribution in [0.2, 0.25) is 0 Å². The van der Waals surface area contributed by atoms with Gasteiger partial charge in [0.2, 0.25) is 0 Å². The number of pyridine rings is 1. The minimum atomic E-state index is -5.22. The zero-order valence-corrected chi connectivity index (χ0v) is 33.0. The number of benzene rings is 4. The number of primary amides is 1. The summed E-state index contributed by atoms with van der Waals surface area (Å²) >= 11 is 0.258. The van der Waals surface area contributed by atoms with Crippen LogP contribution in [0.15, 0.2) is 121 Å². The number of azo groups is 1. The molecule has 0 saturated carbocycles. The number of amides is 1. The molecule has 22 nitrogen and oxygen atoms in total. The van der Waals surface area contributed by atoms with Crippen molar-refractivity contribution in [3.8, 4) is 11.7 Å². The average Bonchev–Trinajstić information content (AvgIpc) is 3.19. The summed E-state index contributed by atoms with van der Waals surface area (Å²) in [7, 11) is -13.5. The zero-order chi connectivity index (χ0) is 42.7. The van der Waals surface area contributed by atoms with E-state index < -0.39 is 57.5 Å². The second-order valence-corrected chi connectivity index (χ2v) is 17.5. The molecule has 1 amide bonds. The fraction of sp³-hybridized carbons (Fsp3) is 0.0606. The number of para-hydroxylation sites is 1. The molecule has 0 aliphatic rings. The van der Waals surface area contributed by atoms with E-state index in [-0.39, 0.29) is 78.6 Å². The number of rotatable bonds is 15. The highest BCUT2D eigenvalue weighted by atomic mass is 32.2. The van der Waals surface area contributed by atoms with Crippen LogP contribution in [0.25, 0.3) is 16.7 Å². The van der Waals surface area contributed by atoms with Crippen molar-refractivity contribution in [1.82, 2.24) is 15.0 Å². The quantitative estimate of drug-likeness (QED) is 0.0183. The summed E-state index contributed by atoms with van der Waals surface area (Å²) in [5.74, 6) is -2.66. The predicted octanol–water partition coefficient (Wildman–Crippen LogP) is 4.72. The van der Waals surface area contributed by atoms with Gasteiger partial charge in [0.15, 0.2) is 15.6 Å². The summed E-state index contributed by atoms with van der Waals surface area (Å²) < 4.78 is 101. The van der Waals surface area contributed by atoms with Crippen LogP contribution >= 0.6 is 12.0 Å². The summed E-state index contributed by atoms with van der Waals surface area (Å²) in [4.78, 5) is 23.2. The summed E-state index contributed by atoms with van der Waals surface area (Å²) in [5.41, 5.74) is 4.73. The third-order valence-corrected chi connectivity index (χ3v) is 12.3. The number of fused-ring (bicyclic) bond motifs is 1. The molecule has 59 heavy (non-hydrogen) atoms. The van der Waals surface area contributed by atoms with Gasteiger partial charge in [-0.05, 0) is 76.7 Å². The van der Waals surface area contributed by atoms with Crippen LogP contribution in [-0.4, -0.2) is 71.3 Å². The number of sulfone groups is 1. The molecule has 0 aliphatic heterocycles. The number of anilines is 4. The fourth-order valence-electron chi connectivity index (χ4n) is 5.35. The van der Waals surface area contributed by atoms with Gasteiger partial charge in [0.05, 0.1) is 62.6 Å². The van der Waals surface area contributed by atoms with Crippen LogP contribution in [0, 0.1) is 0 Å². The summed E-state index contributed by atoms with van der Waals surface area (Å²) in [6.07, 6.45) is 2.68. The number of nitrogens with zero attached hydrogens (tertiary/aromatic N) is 6. The van der Waals surface area contributed by atoms with E-state index >= 15 is 0 Å². The van der Waals surface area contributed by atoms with Gasteiger partial charge in [-0.15, -0.1) is 14.4 Å². The van der Waals surface area contributed by atoms with Crippen LogP contribution in [-0.2, 0) is 39.4 Å². The van der Waals surface area contributed by atoms with Gasteiger partial charge in [-0.1, -0.05) is 24.1 Å². The molecular weight excluding hydrogens is 859 g/mol. The van der Waals surface area contributed by atoms with Crippen molar-refractivity contribution in [2.75, 3.05) is 16.4 Å². The Kier molecular flexibility index (Phi) is 12.2. The highest BCUT2D eigenvalue weighted by Crippen LogP contribution is 2.47. The smallest absolute Gasteiger partial charge is 0.444 e. The van der Waals surface area contributed by atoms with E-state index in [1.165, 1.54) is 84.5 Å². The molecule has 26 heteroatoms. The SMILES string of the molecule is CCS(=O)(=O)c1ccc(N=Nc2c(SOOO)cc3c(S(=O)(=O)O)c(Nc4nc(Nc5ccccc5S(=O)(=O)O)nc(-[n+]5cccc(C(N)=O)c5)n4)ccc3c2O)cc1. The molecule has 6 aromatic rings. The molecule has 6 rings (SSSR count). The van der Waals surface area contributed by atoms with Gasteiger partial charge in [0.1, 0.15) is 15.5 Å². The van der Waals surface area contributed by atoms with Gasteiger partial charge in [-0.25, -0.2) is 18.2 Å². The number of aromatic nitrogens is 4. The highest BCUT2D eigenvalue weighted by Gasteiger charge is 2.28. The third kappa shape index (κ3) is 9.57. The Labute approximate surface area is 337 Å². The van der Waals surface area contributed by atoms with E-state index in [9.17, 15) is 44.3 Å². The first kappa shape index (κ1) is 42.4. The van der Waals surface area contributed by atoms with E-state index in [0.29, 0.717) is 0 Å². The molecule has 306 valence electrons. The molecule has 0 spiro atoms. The van der Waals surface area contributed by atoms with Gasteiger partial charge in [-0.3, -0.25) is 13.9 Å². The monoisotopic (exact) mass is 886 g/mol. The molecule has 4 aromatic carbocycles. The highest BCUT2D eigenvalue weighted by molar-refractivity contribution is 7.94. The number of phenols is 1. The average molecular weight is 887 g/mol. The topological polar surface area (TPSA) is 336 Å². The normalized spacial score (nSPS) is 12.2. The lowest BCUT2D eigenvalue weighted by Gasteiger charge is -2.15. The predicted molar refractivity (Wildman–Crippen MR) is 207 cm³/mol. The fourth-order valence-corrected chi connectivity index (χ4v) is 8.21. The molecule has 0 bridgehead atoms. The first-order chi connectivity index (χ1) is 27.9. The van der Waals surface area contributed by atoms with Gasteiger partial charge < -0.3 is 21.5 Å². The summed E-state index contributed by atoms with van der Waals surface area (Å²) in [6.45, 7) is 1.49. The van der Waals surface area contributed by atoms with Crippen LogP contribution < -0.4 is 20.9 Å². The Bertz CT molecular complexity index is 2990. The van der Waals surface area contributed by atoms with E-state index in [0.717, 1.165) is 18.2 Å². The lowest BCUT2D eigenvalue weighted by Crippen LogP contribution is -2.35. The van der Waals surface area contributed by atoms with Gasteiger partial charge in [0.25, 0.3) is 26.1 Å². The van der Waals surface area contributed by atoms with E-state index in [2.05, 4.69) is 45.2 Å². The summed E-state index contributed by atoms with van der Waals surface area (Å²) in [5, 5.41) is 36.8. The number of hydrogen-bond acceptors (Lipinski definition) is 19. The van der Waals surface area contributed by atoms with E-state index in [1.807, 2.05) is 0 Å². The molecule has 0 saturated heterocycles. The minimum absolute atomic E-state index is 0.0279. The number of hydrogen-bond donors (Lipinski definition) is 7. The number of carbonyl (C=O) groups excluding carboxylic acids is 1. The summed E-state index contributed by atoms with van der Waals surface area (Å²) in [6, 6.07) is 16.8.